The number of ether oxygens (including phenoxy) is 1. The van der Waals surface area contributed by atoms with Gasteiger partial charge in [-0.05, 0) is 57.3 Å². The molecule has 0 fully saturated rings. The molecular formula is C56H110O4. The van der Waals surface area contributed by atoms with Crippen LogP contribution in [0.1, 0.15) is 323 Å². The molecule has 0 rings (SSSR count). The minimum absolute atomic E-state index is 0.0555. The predicted octanol–water partition coefficient (Wildman–Crippen LogP) is 19.8. The van der Waals surface area contributed by atoms with Gasteiger partial charge in [0.1, 0.15) is 0 Å². The van der Waals surface area contributed by atoms with E-state index in [-0.39, 0.29) is 5.97 Å². The van der Waals surface area contributed by atoms with E-state index in [1.165, 1.54) is 263 Å². The van der Waals surface area contributed by atoms with E-state index in [0.717, 1.165) is 19.3 Å². The zero-order chi connectivity index (χ0) is 44.1. The first-order valence-corrected chi connectivity index (χ1v) is 27.5. The summed E-state index contributed by atoms with van der Waals surface area (Å²) in [5.74, 6) is -0.0297. The van der Waals surface area contributed by atoms with Gasteiger partial charge in [0, 0.05) is 12.8 Å². The highest BCUT2D eigenvalue weighted by atomic mass is 16.5. The number of hydrogen-bond donors (Lipinski definition) is 1. The molecule has 0 saturated carbocycles. The molecule has 0 heterocycles. The highest BCUT2D eigenvalue weighted by Crippen LogP contribution is 2.21. The number of hydrogen-bond acceptors (Lipinski definition) is 3. The Balaban J connectivity index is 0. The Hall–Kier alpha value is -1.32. The summed E-state index contributed by atoms with van der Waals surface area (Å²) in [6.45, 7) is 9.80. The van der Waals surface area contributed by atoms with Crippen LogP contribution < -0.4 is 0 Å². The molecule has 0 amide bonds. The molecule has 0 spiro atoms. The van der Waals surface area contributed by atoms with E-state index in [9.17, 15) is 9.59 Å². The second kappa shape index (κ2) is 55.7. The minimum atomic E-state index is -0.664. The van der Waals surface area contributed by atoms with Gasteiger partial charge in [-0.1, -0.05) is 271 Å². The molecule has 0 radical (unpaired) electrons. The molecule has 0 bridgehead atoms. The number of esters is 1. The number of carbonyl (C=O) groups excluding carboxylic acids is 1. The van der Waals surface area contributed by atoms with Gasteiger partial charge in [0.05, 0.1) is 6.61 Å². The third-order valence-electron chi connectivity index (χ3n) is 12.5. The second-order valence-electron chi connectivity index (χ2n) is 18.8. The number of carbonyl (C=O) groups is 2. The molecular weight excluding hydrogens is 737 g/mol. The Morgan fingerprint density at radius 2 is 0.633 bits per heavy atom. The molecule has 1 unspecified atom stereocenters. The van der Waals surface area contributed by atoms with Crippen molar-refractivity contribution < 1.29 is 19.4 Å². The van der Waals surface area contributed by atoms with Crippen molar-refractivity contribution in [2.24, 2.45) is 5.92 Å². The van der Waals surface area contributed by atoms with Gasteiger partial charge in [-0.15, -0.1) is 0 Å². The van der Waals surface area contributed by atoms with Crippen LogP contribution in [-0.2, 0) is 14.3 Å². The van der Waals surface area contributed by atoms with Crippen molar-refractivity contribution in [2.75, 3.05) is 6.61 Å². The lowest BCUT2D eigenvalue weighted by Gasteiger charge is -2.17. The molecule has 1 N–H and O–H groups in total. The van der Waals surface area contributed by atoms with E-state index >= 15 is 0 Å². The third-order valence-corrected chi connectivity index (χ3v) is 12.5. The summed E-state index contributed by atoms with van der Waals surface area (Å²) in [5.41, 5.74) is 0. The zero-order valence-electron chi connectivity index (χ0n) is 41.6. The van der Waals surface area contributed by atoms with E-state index in [4.69, 9.17) is 9.84 Å². The molecule has 0 aromatic heterocycles. The van der Waals surface area contributed by atoms with Crippen LogP contribution in [0.4, 0.5) is 0 Å². The van der Waals surface area contributed by atoms with Gasteiger partial charge in [-0.2, -0.15) is 0 Å². The average molecular weight is 847 g/mol. The van der Waals surface area contributed by atoms with Crippen molar-refractivity contribution in [3.8, 4) is 0 Å². The fourth-order valence-electron chi connectivity index (χ4n) is 8.36. The van der Waals surface area contributed by atoms with Crippen LogP contribution in [0.3, 0.4) is 0 Å². The van der Waals surface area contributed by atoms with Crippen molar-refractivity contribution in [3.63, 3.8) is 0 Å². The SMILES string of the molecule is CCCCCCCC/C=C\CCCCCCCC(=O)O.CCCCCCCCCCCCCC(=O)OCC(CCCCCCCCCC)CCCCCCCCCCCC. The first-order valence-electron chi connectivity index (χ1n) is 27.5. The largest absolute Gasteiger partial charge is 0.481 e. The fraction of sp³-hybridized carbons (Fsp3) is 0.929. The number of allylic oxidation sites excluding steroid dienone is 2. The van der Waals surface area contributed by atoms with Crippen molar-refractivity contribution in [2.45, 2.75) is 323 Å². The van der Waals surface area contributed by atoms with Crippen LogP contribution in [-0.4, -0.2) is 23.7 Å². The lowest BCUT2D eigenvalue weighted by atomic mass is 9.94. The highest BCUT2D eigenvalue weighted by molar-refractivity contribution is 5.69. The van der Waals surface area contributed by atoms with Crippen LogP contribution >= 0.6 is 0 Å². The smallest absolute Gasteiger partial charge is 0.305 e. The Kier molecular flexibility index (Phi) is 56.4. The minimum Gasteiger partial charge on any atom is -0.481 e. The summed E-state index contributed by atoms with van der Waals surface area (Å²) >= 11 is 0. The van der Waals surface area contributed by atoms with E-state index in [1.54, 1.807) is 0 Å². The maximum Gasteiger partial charge on any atom is 0.305 e. The highest BCUT2D eigenvalue weighted by Gasteiger charge is 2.12. The maximum atomic E-state index is 12.4. The average Bonchev–Trinajstić information content (AvgIpc) is 3.24. The predicted molar refractivity (Wildman–Crippen MR) is 266 cm³/mol. The standard InChI is InChI=1S/C38H76O2.C18H34O2/c1-4-7-10-13-16-19-21-23-26-29-32-35-38(39)40-36-37(33-30-27-24-18-15-12-9-6-3)34-31-28-25-22-20-17-14-11-8-5-2;1-2-3-4-5-6-7-8-9-10-11-12-13-14-15-16-17-18(19)20/h37H,4-36H2,1-3H3;9-10H,2-8,11-17H2,1H3,(H,19,20)/b;10-9-. The van der Waals surface area contributed by atoms with Gasteiger partial charge in [-0.3, -0.25) is 9.59 Å². The van der Waals surface area contributed by atoms with Crippen LogP contribution in [0.15, 0.2) is 12.2 Å². The first-order chi connectivity index (χ1) is 29.5. The molecule has 0 aliphatic heterocycles. The molecule has 60 heavy (non-hydrogen) atoms. The van der Waals surface area contributed by atoms with Gasteiger partial charge >= 0.3 is 11.9 Å². The van der Waals surface area contributed by atoms with Crippen LogP contribution in [0.25, 0.3) is 0 Å². The summed E-state index contributed by atoms with van der Waals surface area (Å²) in [7, 11) is 0. The van der Waals surface area contributed by atoms with Gasteiger partial charge in [-0.25, -0.2) is 0 Å². The summed E-state index contributed by atoms with van der Waals surface area (Å²) < 4.78 is 5.82. The molecule has 358 valence electrons. The monoisotopic (exact) mass is 847 g/mol. The lowest BCUT2D eigenvalue weighted by Crippen LogP contribution is -2.14. The van der Waals surface area contributed by atoms with Crippen molar-refractivity contribution in [1.82, 2.24) is 0 Å². The second-order valence-corrected chi connectivity index (χ2v) is 18.8. The summed E-state index contributed by atoms with van der Waals surface area (Å²) in [5, 5.41) is 8.51. The number of unbranched alkanes of at least 4 members (excludes halogenated alkanes) is 37. The summed E-state index contributed by atoms with van der Waals surface area (Å²) in [6, 6.07) is 0. The Morgan fingerprint density at radius 3 is 0.950 bits per heavy atom. The van der Waals surface area contributed by atoms with Gasteiger partial charge in [0.25, 0.3) is 0 Å². The zero-order valence-corrected chi connectivity index (χ0v) is 41.6. The molecule has 0 saturated heterocycles. The topological polar surface area (TPSA) is 63.6 Å². The third kappa shape index (κ3) is 56.7. The van der Waals surface area contributed by atoms with E-state index in [0.29, 0.717) is 25.4 Å². The van der Waals surface area contributed by atoms with Crippen LogP contribution in [0.2, 0.25) is 0 Å². The van der Waals surface area contributed by atoms with Crippen molar-refractivity contribution in [1.29, 1.82) is 0 Å². The van der Waals surface area contributed by atoms with Crippen molar-refractivity contribution in [3.05, 3.63) is 12.2 Å². The lowest BCUT2D eigenvalue weighted by molar-refractivity contribution is -0.145. The Morgan fingerprint density at radius 1 is 0.367 bits per heavy atom. The molecule has 0 aliphatic carbocycles. The first kappa shape index (κ1) is 60.8. The number of aliphatic carboxylic acids is 1. The maximum absolute atomic E-state index is 12.4. The Bertz CT molecular complexity index is 837. The molecule has 0 aromatic rings. The van der Waals surface area contributed by atoms with E-state index in [1.807, 2.05) is 0 Å². The van der Waals surface area contributed by atoms with Crippen molar-refractivity contribution >= 4 is 11.9 Å². The molecule has 0 aromatic carbocycles. The molecule has 1 atom stereocenters. The molecule has 4 nitrogen and oxygen atoms in total. The fourth-order valence-corrected chi connectivity index (χ4v) is 8.36. The number of carboxylic acids is 1. The van der Waals surface area contributed by atoms with Crippen LogP contribution in [0.5, 0.6) is 0 Å². The van der Waals surface area contributed by atoms with E-state index in [2.05, 4.69) is 39.8 Å². The summed E-state index contributed by atoms with van der Waals surface area (Å²) in [6.07, 6.45) is 63.8. The number of rotatable bonds is 49. The Labute approximate surface area is 377 Å². The van der Waals surface area contributed by atoms with Crippen LogP contribution in [0, 0.1) is 5.92 Å². The van der Waals surface area contributed by atoms with Gasteiger partial charge in [0.2, 0.25) is 0 Å². The summed E-state index contributed by atoms with van der Waals surface area (Å²) in [4.78, 5) is 22.8. The van der Waals surface area contributed by atoms with Gasteiger partial charge < -0.3 is 9.84 Å². The number of carboxylic acid groups (broad SMARTS) is 1. The molecule has 4 heteroatoms. The molecule has 0 aliphatic rings. The quantitative estimate of drug-likeness (QED) is 0.0376. The van der Waals surface area contributed by atoms with Gasteiger partial charge in [0.15, 0.2) is 0 Å². The normalized spacial score (nSPS) is 11.9. The van der Waals surface area contributed by atoms with E-state index < -0.39 is 5.97 Å².